The Morgan fingerprint density at radius 2 is 2.21 bits per heavy atom. The molecule has 1 N–H and O–H groups in total. The lowest BCUT2D eigenvalue weighted by Gasteiger charge is -2.23. The third-order valence-corrected chi connectivity index (χ3v) is 3.58. The molecule has 1 aliphatic rings. The first-order chi connectivity index (χ1) is 9.05. The fourth-order valence-corrected chi connectivity index (χ4v) is 2.38. The van der Waals surface area contributed by atoms with Gasteiger partial charge in [-0.15, -0.1) is 0 Å². The molecule has 1 saturated heterocycles. The Hall–Kier alpha value is -1.78. The van der Waals surface area contributed by atoms with Gasteiger partial charge >= 0.3 is 5.97 Å². The Balaban J connectivity index is 2.12. The zero-order chi connectivity index (χ0) is 13.9. The number of hydrogen-bond donors (Lipinski definition) is 1. The van der Waals surface area contributed by atoms with E-state index in [9.17, 15) is 9.18 Å². The van der Waals surface area contributed by atoms with Gasteiger partial charge in [-0.3, -0.25) is 0 Å². The highest BCUT2D eigenvalue weighted by Gasteiger charge is 2.40. The van der Waals surface area contributed by atoms with Crippen LogP contribution in [0.5, 0.6) is 5.75 Å². The summed E-state index contributed by atoms with van der Waals surface area (Å²) < 4.78 is 19.3. The van der Waals surface area contributed by atoms with Gasteiger partial charge in [0.1, 0.15) is 5.75 Å². The van der Waals surface area contributed by atoms with Crippen molar-refractivity contribution in [3.63, 3.8) is 0 Å². The number of carbonyl (C=O) groups is 1. The molecule has 2 rings (SSSR count). The molecule has 104 valence electrons. The molecule has 0 radical (unpaired) electrons. The number of carboxylic acid groups (broad SMARTS) is 1. The molecule has 0 aliphatic carbocycles. The van der Waals surface area contributed by atoms with Crippen LogP contribution in [0.2, 0.25) is 0 Å². The van der Waals surface area contributed by atoms with E-state index in [-0.39, 0.29) is 12.8 Å². The van der Waals surface area contributed by atoms with Crippen LogP contribution in [0.3, 0.4) is 0 Å². The number of rotatable bonds is 3. The highest BCUT2D eigenvalue weighted by atomic mass is 19.1. The van der Waals surface area contributed by atoms with Crippen LogP contribution in [0.25, 0.3) is 0 Å². The average Bonchev–Trinajstić information content (AvgIpc) is 2.62. The molecule has 1 aliphatic heterocycles. The van der Waals surface area contributed by atoms with Gasteiger partial charge in [0, 0.05) is 31.3 Å². The quantitative estimate of drug-likeness (QED) is 0.914. The first kappa shape index (κ1) is 13.6. The van der Waals surface area contributed by atoms with Gasteiger partial charge < -0.3 is 14.7 Å². The van der Waals surface area contributed by atoms with Gasteiger partial charge in [-0.05, 0) is 25.0 Å². The van der Waals surface area contributed by atoms with Crippen molar-refractivity contribution in [2.75, 3.05) is 25.1 Å². The van der Waals surface area contributed by atoms with Gasteiger partial charge in [0.15, 0.2) is 0 Å². The van der Waals surface area contributed by atoms with E-state index in [1.165, 1.54) is 0 Å². The minimum Gasteiger partial charge on any atom is -0.497 e. The summed E-state index contributed by atoms with van der Waals surface area (Å²) in [6.45, 7) is 1.06. The Morgan fingerprint density at radius 3 is 2.89 bits per heavy atom. The lowest BCUT2D eigenvalue weighted by Crippen LogP contribution is -2.35. The number of halogens is 1. The normalized spacial score (nSPS) is 23.8. The number of nitrogens with zero attached hydrogens (tertiary/aromatic N) is 1. The zero-order valence-electron chi connectivity index (χ0n) is 10.9. The molecule has 4 nitrogen and oxygen atoms in total. The molecule has 1 atom stereocenters. The van der Waals surface area contributed by atoms with E-state index in [0.29, 0.717) is 19.5 Å². The van der Waals surface area contributed by atoms with Gasteiger partial charge in [0.05, 0.1) is 7.11 Å². The summed E-state index contributed by atoms with van der Waals surface area (Å²) in [5.41, 5.74) is -1.15. The maximum absolute atomic E-state index is 14.1. The van der Waals surface area contributed by atoms with Crippen LogP contribution in [0.1, 0.15) is 19.3 Å². The van der Waals surface area contributed by atoms with Crippen molar-refractivity contribution < 1.29 is 19.0 Å². The second kappa shape index (κ2) is 5.47. The summed E-state index contributed by atoms with van der Waals surface area (Å²) in [5, 5.41) is 8.95. The Kier molecular flexibility index (Phi) is 3.93. The fraction of sp³-hybridized carbons (Fsp3) is 0.500. The van der Waals surface area contributed by atoms with Crippen molar-refractivity contribution >= 4 is 11.7 Å². The smallest absolute Gasteiger partial charge is 0.341 e. The Morgan fingerprint density at radius 1 is 1.42 bits per heavy atom. The SMILES string of the molecule is COc1cccc(N2CCCC(F)(C(=O)O)CC2)c1. The first-order valence-corrected chi connectivity index (χ1v) is 6.36. The standard InChI is InChI=1S/C14H18FNO3/c1-19-12-5-2-4-11(10-12)16-8-3-6-14(15,7-9-16)13(17)18/h2,4-5,10H,3,6-9H2,1H3,(H,17,18). The summed E-state index contributed by atoms with van der Waals surface area (Å²) in [6, 6.07) is 7.53. The molecular weight excluding hydrogens is 249 g/mol. The Bertz CT molecular complexity index is 466. The number of alkyl halides is 1. The molecule has 1 fully saturated rings. The minimum absolute atomic E-state index is 0.0134. The topological polar surface area (TPSA) is 49.8 Å². The molecule has 19 heavy (non-hydrogen) atoms. The maximum Gasteiger partial charge on any atom is 0.341 e. The molecule has 1 aromatic carbocycles. The maximum atomic E-state index is 14.1. The van der Waals surface area contributed by atoms with Gasteiger partial charge in [-0.1, -0.05) is 6.07 Å². The van der Waals surface area contributed by atoms with Crippen LogP contribution >= 0.6 is 0 Å². The van der Waals surface area contributed by atoms with Gasteiger partial charge in [0.2, 0.25) is 5.67 Å². The fourth-order valence-electron chi connectivity index (χ4n) is 2.38. The van der Waals surface area contributed by atoms with E-state index in [4.69, 9.17) is 9.84 Å². The Labute approximate surface area is 111 Å². The number of methoxy groups -OCH3 is 1. The molecule has 1 unspecified atom stereocenters. The molecule has 0 aromatic heterocycles. The molecule has 0 spiro atoms. The monoisotopic (exact) mass is 267 g/mol. The second-order valence-corrected chi connectivity index (χ2v) is 4.81. The number of benzene rings is 1. The summed E-state index contributed by atoms with van der Waals surface area (Å²) in [4.78, 5) is 13.0. The number of hydrogen-bond acceptors (Lipinski definition) is 3. The minimum atomic E-state index is -2.09. The largest absolute Gasteiger partial charge is 0.497 e. The number of carboxylic acids is 1. The van der Waals surface area contributed by atoms with E-state index in [1.807, 2.05) is 29.2 Å². The van der Waals surface area contributed by atoms with Crippen LogP contribution in [-0.4, -0.2) is 36.9 Å². The van der Waals surface area contributed by atoms with Crippen LogP contribution in [0.15, 0.2) is 24.3 Å². The van der Waals surface area contributed by atoms with Crippen LogP contribution < -0.4 is 9.64 Å². The van der Waals surface area contributed by atoms with E-state index < -0.39 is 11.6 Å². The third kappa shape index (κ3) is 2.97. The predicted octanol–water partition coefficient (Wildman–Crippen LogP) is 2.48. The van der Waals surface area contributed by atoms with E-state index in [0.717, 1.165) is 11.4 Å². The molecule has 5 heteroatoms. The highest BCUT2D eigenvalue weighted by molar-refractivity contribution is 5.77. The van der Waals surface area contributed by atoms with E-state index in [2.05, 4.69) is 0 Å². The van der Waals surface area contributed by atoms with Crippen LogP contribution in [0.4, 0.5) is 10.1 Å². The van der Waals surface area contributed by atoms with Gasteiger partial charge in [0.25, 0.3) is 0 Å². The van der Waals surface area contributed by atoms with Crippen molar-refractivity contribution in [3.8, 4) is 5.75 Å². The molecule has 1 heterocycles. The van der Waals surface area contributed by atoms with Gasteiger partial charge in [-0.2, -0.15) is 0 Å². The zero-order valence-corrected chi connectivity index (χ0v) is 10.9. The molecular formula is C14H18FNO3. The highest BCUT2D eigenvalue weighted by Crippen LogP contribution is 2.30. The van der Waals surface area contributed by atoms with Crippen molar-refractivity contribution in [1.29, 1.82) is 0 Å². The average molecular weight is 267 g/mol. The number of anilines is 1. The second-order valence-electron chi connectivity index (χ2n) is 4.81. The van der Waals surface area contributed by atoms with E-state index >= 15 is 0 Å². The summed E-state index contributed by atoms with van der Waals surface area (Å²) in [5.74, 6) is -0.605. The van der Waals surface area contributed by atoms with Crippen molar-refractivity contribution in [1.82, 2.24) is 0 Å². The summed E-state index contributed by atoms with van der Waals surface area (Å²) in [7, 11) is 1.60. The van der Waals surface area contributed by atoms with Crippen molar-refractivity contribution in [2.45, 2.75) is 24.9 Å². The summed E-state index contributed by atoms with van der Waals surface area (Å²) in [6.07, 6.45) is 0.613. The molecule has 0 bridgehead atoms. The molecule has 0 saturated carbocycles. The molecule has 0 amide bonds. The third-order valence-electron chi connectivity index (χ3n) is 3.58. The van der Waals surface area contributed by atoms with Gasteiger partial charge in [-0.25, -0.2) is 9.18 Å². The lowest BCUT2D eigenvalue weighted by atomic mass is 9.97. The van der Waals surface area contributed by atoms with Crippen LogP contribution in [0, 0.1) is 0 Å². The number of aliphatic carboxylic acids is 1. The first-order valence-electron chi connectivity index (χ1n) is 6.36. The lowest BCUT2D eigenvalue weighted by molar-refractivity contribution is -0.151. The van der Waals surface area contributed by atoms with Crippen LogP contribution in [-0.2, 0) is 4.79 Å². The van der Waals surface area contributed by atoms with Crippen molar-refractivity contribution in [3.05, 3.63) is 24.3 Å². The number of ether oxygens (including phenoxy) is 1. The van der Waals surface area contributed by atoms with E-state index in [1.54, 1.807) is 7.11 Å². The predicted molar refractivity (Wildman–Crippen MR) is 70.5 cm³/mol. The van der Waals surface area contributed by atoms with Crippen molar-refractivity contribution in [2.24, 2.45) is 0 Å². The molecule has 1 aromatic rings. The summed E-state index contributed by atoms with van der Waals surface area (Å²) >= 11 is 0.